The third-order valence-corrected chi connectivity index (χ3v) is 4.32. The van der Waals surface area contributed by atoms with Gasteiger partial charge in [-0.3, -0.25) is 0 Å². The Bertz CT molecular complexity index is 793. The van der Waals surface area contributed by atoms with E-state index in [9.17, 15) is 0 Å². The van der Waals surface area contributed by atoms with Gasteiger partial charge in [0.2, 0.25) is 0 Å². The van der Waals surface area contributed by atoms with Crippen LogP contribution in [0.15, 0.2) is 60.7 Å². The quantitative estimate of drug-likeness (QED) is 0.796. The van der Waals surface area contributed by atoms with Crippen LogP contribution in [0.1, 0.15) is 18.0 Å². The van der Waals surface area contributed by atoms with E-state index >= 15 is 0 Å². The van der Waals surface area contributed by atoms with E-state index in [4.69, 9.17) is 9.84 Å². The molecule has 4 rings (SSSR count). The van der Waals surface area contributed by atoms with Gasteiger partial charge in [-0.2, -0.15) is 5.10 Å². The fraction of sp³-hybridized carbons (Fsp3) is 0.211. The predicted octanol–water partition coefficient (Wildman–Crippen LogP) is 3.96. The minimum absolute atomic E-state index is 0.291. The van der Waals surface area contributed by atoms with Gasteiger partial charge >= 0.3 is 0 Å². The van der Waals surface area contributed by atoms with Gasteiger partial charge < -0.3 is 10.1 Å². The van der Waals surface area contributed by atoms with Crippen LogP contribution in [0.25, 0.3) is 11.3 Å². The molecule has 4 heteroatoms. The van der Waals surface area contributed by atoms with Gasteiger partial charge in [-0.25, -0.2) is 4.68 Å². The molecule has 0 amide bonds. The number of anilines is 1. The van der Waals surface area contributed by atoms with Crippen LogP contribution in [0, 0.1) is 0 Å². The van der Waals surface area contributed by atoms with Gasteiger partial charge in [0.25, 0.3) is 0 Å². The van der Waals surface area contributed by atoms with E-state index in [2.05, 4.69) is 46.4 Å². The van der Waals surface area contributed by atoms with Crippen LogP contribution in [-0.2, 0) is 0 Å². The molecule has 1 aliphatic heterocycles. The van der Waals surface area contributed by atoms with Gasteiger partial charge in [0, 0.05) is 18.2 Å². The van der Waals surface area contributed by atoms with E-state index in [0.29, 0.717) is 6.04 Å². The molecular weight excluding hydrogens is 286 g/mol. The summed E-state index contributed by atoms with van der Waals surface area (Å²) in [7, 11) is 1.68. The lowest BCUT2D eigenvalue weighted by Gasteiger charge is -2.25. The van der Waals surface area contributed by atoms with Crippen LogP contribution in [0.3, 0.4) is 0 Å². The number of nitrogens with zero attached hydrogens (tertiary/aromatic N) is 2. The number of ether oxygens (including phenoxy) is 1. The highest BCUT2D eigenvalue weighted by Gasteiger charge is 2.23. The van der Waals surface area contributed by atoms with Gasteiger partial charge in [0.15, 0.2) is 0 Å². The number of aromatic nitrogens is 2. The molecule has 2 aromatic carbocycles. The van der Waals surface area contributed by atoms with Gasteiger partial charge in [0.1, 0.15) is 11.6 Å². The van der Waals surface area contributed by atoms with Gasteiger partial charge in [-0.1, -0.05) is 30.3 Å². The predicted molar refractivity (Wildman–Crippen MR) is 91.9 cm³/mol. The third kappa shape index (κ3) is 2.57. The van der Waals surface area contributed by atoms with Crippen molar-refractivity contribution in [2.45, 2.75) is 12.5 Å². The zero-order valence-corrected chi connectivity index (χ0v) is 13.1. The number of methoxy groups -OCH3 is 1. The number of rotatable bonds is 3. The second-order valence-electron chi connectivity index (χ2n) is 5.73. The first-order valence-corrected chi connectivity index (χ1v) is 7.88. The standard InChI is InChI=1S/C19H19N3O/c1-23-16-9-7-14(8-10-16)17-13-19-20-12-11-18(22(19)21-17)15-5-3-2-4-6-15/h2-10,13,18,20H,11-12H2,1H3. The summed E-state index contributed by atoms with van der Waals surface area (Å²) >= 11 is 0. The summed E-state index contributed by atoms with van der Waals surface area (Å²) < 4.78 is 7.33. The van der Waals surface area contributed by atoms with Crippen LogP contribution < -0.4 is 10.1 Å². The Morgan fingerprint density at radius 3 is 2.61 bits per heavy atom. The summed E-state index contributed by atoms with van der Waals surface area (Å²) in [6, 6.07) is 21.0. The van der Waals surface area contributed by atoms with Crippen molar-refractivity contribution in [3.63, 3.8) is 0 Å². The second kappa shape index (κ2) is 5.80. The second-order valence-corrected chi connectivity index (χ2v) is 5.73. The summed E-state index contributed by atoms with van der Waals surface area (Å²) in [6.45, 7) is 0.966. The maximum absolute atomic E-state index is 5.22. The average Bonchev–Trinajstić information content (AvgIpc) is 3.06. The Morgan fingerprint density at radius 2 is 1.87 bits per heavy atom. The fourth-order valence-corrected chi connectivity index (χ4v) is 3.11. The summed E-state index contributed by atoms with van der Waals surface area (Å²) in [6.07, 6.45) is 1.04. The van der Waals surface area contributed by atoms with Crippen LogP contribution in [0.2, 0.25) is 0 Å². The van der Waals surface area contributed by atoms with Crippen molar-refractivity contribution in [1.82, 2.24) is 9.78 Å². The summed E-state index contributed by atoms with van der Waals surface area (Å²) in [5.74, 6) is 1.94. The molecule has 0 saturated heterocycles. The van der Waals surface area contributed by atoms with Crippen LogP contribution in [0.5, 0.6) is 5.75 Å². The Morgan fingerprint density at radius 1 is 1.09 bits per heavy atom. The van der Waals surface area contributed by atoms with E-state index in [-0.39, 0.29) is 0 Å². The highest BCUT2D eigenvalue weighted by Crippen LogP contribution is 2.32. The van der Waals surface area contributed by atoms with Crippen LogP contribution in [-0.4, -0.2) is 23.4 Å². The van der Waals surface area contributed by atoms with Crippen LogP contribution in [0.4, 0.5) is 5.82 Å². The van der Waals surface area contributed by atoms with Gasteiger partial charge in [0.05, 0.1) is 18.8 Å². The number of hydrogen-bond acceptors (Lipinski definition) is 3. The van der Waals surface area contributed by atoms with E-state index in [1.54, 1.807) is 7.11 Å². The Hall–Kier alpha value is -2.75. The zero-order chi connectivity index (χ0) is 15.6. The molecule has 23 heavy (non-hydrogen) atoms. The minimum atomic E-state index is 0.291. The molecule has 1 aromatic heterocycles. The molecule has 1 unspecified atom stereocenters. The van der Waals surface area contributed by atoms with Crippen molar-refractivity contribution in [2.24, 2.45) is 0 Å². The number of benzene rings is 2. The first kappa shape index (κ1) is 13.9. The molecule has 0 spiro atoms. The number of hydrogen-bond donors (Lipinski definition) is 1. The maximum atomic E-state index is 5.22. The topological polar surface area (TPSA) is 39.1 Å². The lowest BCUT2D eigenvalue weighted by molar-refractivity contribution is 0.415. The smallest absolute Gasteiger partial charge is 0.125 e. The molecule has 2 heterocycles. The first-order valence-electron chi connectivity index (χ1n) is 7.88. The Kier molecular flexibility index (Phi) is 3.50. The third-order valence-electron chi connectivity index (χ3n) is 4.32. The zero-order valence-electron chi connectivity index (χ0n) is 13.1. The first-order chi connectivity index (χ1) is 11.3. The normalized spacial score (nSPS) is 16.5. The van der Waals surface area contributed by atoms with Crippen molar-refractivity contribution in [3.8, 4) is 17.0 Å². The van der Waals surface area contributed by atoms with Crippen LogP contribution >= 0.6 is 0 Å². The Balaban J connectivity index is 1.71. The number of fused-ring (bicyclic) bond motifs is 1. The monoisotopic (exact) mass is 305 g/mol. The molecular formula is C19H19N3O. The SMILES string of the molecule is COc1ccc(-c2cc3n(n2)C(c2ccccc2)CCN3)cc1. The molecule has 0 saturated carbocycles. The molecule has 4 nitrogen and oxygen atoms in total. The fourth-order valence-electron chi connectivity index (χ4n) is 3.11. The Labute approximate surface area is 135 Å². The molecule has 116 valence electrons. The summed E-state index contributed by atoms with van der Waals surface area (Å²) in [5, 5.41) is 8.30. The lowest BCUT2D eigenvalue weighted by Crippen LogP contribution is -2.24. The molecule has 1 aliphatic rings. The molecule has 0 radical (unpaired) electrons. The highest BCUT2D eigenvalue weighted by molar-refractivity contribution is 5.64. The minimum Gasteiger partial charge on any atom is -0.497 e. The van der Waals surface area contributed by atoms with E-state index in [0.717, 1.165) is 35.8 Å². The van der Waals surface area contributed by atoms with E-state index in [1.165, 1.54) is 5.56 Å². The van der Waals surface area contributed by atoms with Gasteiger partial charge in [-0.15, -0.1) is 0 Å². The number of nitrogens with one attached hydrogen (secondary N) is 1. The largest absolute Gasteiger partial charge is 0.497 e. The average molecular weight is 305 g/mol. The van der Waals surface area contributed by atoms with E-state index < -0.39 is 0 Å². The highest BCUT2D eigenvalue weighted by atomic mass is 16.5. The van der Waals surface area contributed by atoms with Crippen molar-refractivity contribution in [3.05, 3.63) is 66.2 Å². The van der Waals surface area contributed by atoms with Gasteiger partial charge in [-0.05, 0) is 36.2 Å². The van der Waals surface area contributed by atoms with Crippen molar-refractivity contribution in [1.29, 1.82) is 0 Å². The summed E-state index contributed by atoms with van der Waals surface area (Å²) in [5.41, 5.74) is 3.39. The lowest BCUT2D eigenvalue weighted by atomic mass is 10.0. The molecule has 0 aliphatic carbocycles. The molecule has 3 aromatic rings. The van der Waals surface area contributed by atoms with Crippen molar-refractivity contribution < 1.29 is 4.74 Å². The van der Waals surface area contributed by atoms with Crippen molar-refractivity contribution in [2.75, 3.05) is 19.0 Å². The molecule has 1 atom stereocenters. The molecule has 0 fully saturated rings. The van der Waals surface area contributed by atoms with Crippen molar-refractivity contribution >= 4 is 5.82 Å². The molecule has 1 N–H and O–H groups in total. The maximum Gasteiger partial charge on any atom is 0.125 e. The molecule has 0 bridgehead atoms. The van der Waals surface area contributed by atoms with E-state index in [1.807, 2.05) is 24.3 Å². The summed E-state index contributed by atoms with van der Waals surface area (Å²) in [4.78, 5) is 0.